The largest absolute Gasteiger partial charge is 0.481 e. The molecule has 9 heteroatoms. The van der Waals surface area contributed by atoms with Crippen molar-refractivity contribution in [3.63, 3.8) is 0 Å². The summed E-state index contributed by atoms with van der Waals surface area (Å²) >= 11 is 0. The van der Waals surface area contributed by atoms with Gasteiger partial charge in [-0.3, -0.25) is 14.4 Å². The highest BCUT2D eigenvalue weighted by molar-refractivity contribution is 6.04. The van der Waals surface area contributed by atoms with Crippen LogP contribution in [0.3, 0.4) is 0 Å². The third-order valence-electron chi connectivity index (χ3n) is 6.22. The average Bonchev–Trinajstić information content (AvgIpc) is 3.27. The Kier molecular flexibility index (Phi) is 9.05. The Hall–Kier alpha value is -4.14. The van der Waals surface area contributed by atoms with Gasteiger partial charge in [0.05, 0.1) is 25.1 Å². The summed E-state index contributed by atoms with van der Waals surface area (Å²) in [6, 6.07) is 13.2. The second-order valence-corrected chi connectivity index (χ2v) is 9.56. The van der Waals surface area contributed by atoms with E-state index in [4.69, 9.17) is 5.73 Å². The maximum atomic E-state index is 13.3. The summed E-state index contributed by atoms with van der Waals surface area (Å²) in [5.41, 5.74) is 8.30. The van der Waals surface area contributed by atoms with Crippen molar-refractivity contribution in [1.82, 2.24) is 10.3 Å². The molecule has 196 valence electrons. The van der Waals surface area contributed by atoms with Crippen LogP contribution < -0.4 is 11.1 Å². The van der Waals surface area contributed by atoms with E-state index >= 15 is 0 Å². The van der Waals surface area contributed by atoms with Gasteiger partial charge in [0.1, 0.15) is 0 Å². The number of anilines is 1. The maximum Gasteiger partial charge on any atom is 0.339 e. The molecule has 2 atom stereocenters. The Morgan fingerprint density at radius 3 is 2.43 bits per heavy atom. The second kappa shape index (κ2) is 12.2. The number of nitrogen functional groups attached to an aromatic ring is 1. The van der Waals surface area contributed by atoms with E-state index in [0.717, 1.165) is 16.6 Å². The Balaban J connectivity index is 1.76. The summed E-state index contributed by atoms with van der Waals surface area (Å²) < 4.78 is 4.69. The van der Waals surface area contributed by atoms with Crippen LogP contribution >= 0.6 is 0 Å². The Morgan fingerprint density at radius 1 is 1.08 bits per heavy atom. The van der Waals surface area contributed by atoms with E-state index in [9.17, 15) is 24.3 Å². The first-order chi connectivity index (χ1) is 17.6. The lowest BCUT2D eigenvalue weighted by Gasteiger charge is -2.23. The van der Waals surface area contributed by atoms with Crippen LogP contribution in [0.15, 0.2) is 48.5 Å². The first kappa shape index (κ1) is 27.4. The molecule has 0 fully saturated rings. The highest BCUT2D eigenvalue weighted by atomic mass is 16.5. The fourth-order valence-electron chi connectivity index (χ4n) is 4.34. The molecule has 3 aromatic rings. The number of hydrogen-bond acceptors (Lipinski definition) is 6. The van der Waals surface area contributed by atoms with E-state index < -0.39 is 29.8 Å². The number of rotatable bonds is 12. The number of carbonyl (C=O) groups is 4. The fraction of sp³-hybridized carbons (Fsp3) is 0.357. The number of fused-ring (bicyclic) bond motifs is 1. The molecule has 1 amide bonds. The summed E-state index contributed by atoms with van der Waals surface area (Å²) in [5.74, 6) is -3.31. The van der Waals surface area contributed by atoms with E-state index in [1.807, 2.05) is 44.2 Å². The first-order valence-corrected chi connectivity index (χ1v) is 12.2. The van der Waals surface area contributed by atoms with E-state index in [1.54, 1.807) is 0 Å². The molecule has 0 saturated heterocycles. The Bertz CT molecular complexity index is 1260. The number of para-hydroxylation sites is 1. The van der Waals surface area contributed by atoms with Gasteiger partial charge >= 0.3 is 11.9 Å². The smallest absolute Gasteiger partial charge is 0.339 e. The number of ketones is 1. The molecule has 1 aromatic heterocycles. The van der Waals surface area contributed by atoms with E-state index in [2.05, 4.69) is 15.0 Å². The second-order valence-electron chi connectivity index (χ2n) is 9.56. The van der Waals surface area contributed by atoms with Gasteiger partial charge in [-0.2, -0.15) is 0 Å². The molecule has 0 saturated carbocycles. The molecule has 37 heavy (non-hydrogen) atoms. The van der Waals surface area contributed by atoms with Gasteiger partial charge in [-0.1, -0.05) is 38.1 Å². The van der Waals surface area contributed by atoms with Gasteiger partial charge in [-0.05, 0) is 54.8 Å². The van der Waals surface area contributed by atoms with Crippen LogP contribution in [-0.4, -0.2) is 46.9 Å². The molecule has 0 aliphatic rings. The third kappa shape index (κ3) is 7.19. The van der Waals surface area contributed by atoms with E-state index in [1.165, 1.54) is 25.3 Å². The molecule has 5 N–H and O–H groups in total. The summed E-state index contributed by atoms with van der Waals surface area (Å²) in [7, 11) is 1.24. The molecule has 2 aromatic carbocycles. The van der Waals surface area contributed by atoms with Gasteiger partial charge in [0.2, 0.25) is 5.91 Å². The molecule has 0 spiro atoms. The zero-order chi connectivity index (χ0) is 27.1. The van der Waals surface area contributed by atoms with Crippen molar-refractivity contribution < 1.29 is 29.0 Å². The summed E-state index contributed by atoms with van der Waals surface area (Å²) in [6.45, 7) is 3.84. The number of Topliss-reactive ketones (excluding diaryl/α,β-unsaturated/α-hetero) is 1. The number of aliphatic carboxylic acids is 1. The number of hydrogen-bond donors (Lipinski definition) is 4. The van der Waals surface area contributed by atoms with Crippen LogP contribution in [-0.2, 0) is 20.7 Å². The number of aromatic amines is 1. The van der Waals surface area contributed by atoms with Gasteiger partial charge in [-0.25, -0.2) is 4.79 Å². The molecule has 2 unspecified atom stereocenters. The number of esters is 1. The van der Waals surface area contributed by atoms with Gasteiger partial charge in [0, 0.05) is 28.4 Å². The predicted molar refractivity (Wildman–Crippen MR) is 140 cm³/mol. The van der Waals surface area contributed by atoms with E-state index in [0.29, 0.717) is 19.3 Å². The number of carboxylic acid groups (broad SMARTS) is 1. The fourth-order valence-corrected chi connectivity index (χ4v) is 4.34. The highest BCUT2D eigenvalue weighted by Crippen LogP contribution is 2.21. The van der Waals surface area contributed by atoms with Crippen molar-refractivity contribution in [1.29, 1.82) is 0 Å². The molecule has 1 heterocycles. The number of aryl methyl sites for hydroxylation is 1. The number of H-pyrrole nitrogens is 1. The molecule has 0 aliphatic carbocycles. The highest BCUT2D eigenvalue weighted by Gasteiger charge is 2.29. The van der Waals surface area contributed by atoms with Gasteiger partial charge in [-0.15, -0.1) is 0 Å². The van der Waals surface area contributed by atoms with Crippen molar-refractivity contribution in [3.05, 3.63) is 65.4 Å². The number of nitrogens with two attached hydrogens (primary N) is 1. The quantitative estimate of drug-likeness (QED) is 0.164. The minimum atomic E-state index is -1.09. The number of aromatic nitrogens is 1. The summed E-state index contributed by atoms with van der Waals surface area (Å²) in [6.07, 6.45) is 0.781. The Morgan fingerprint density at radius 2 is 1.81 bits per heavy atom. The molecule has 3 rings (SSSR count). The number of carboxylic acids is 1. The van der Waals surface area contributed by atoms with Gasteiger partial charge in [0.25, 0.3) is 0 Å². The zero-order valence-corrected chi connectivity index (χ0v) is 21.2. The molecule has 0 radical (unpaired) electrons. The van der Waals surface area contributed by atoms with Crippen LogP contribution in [0.2, 0.25) is 0 Å². The van der Waals surface area contributed by atoms with Crippen molar-refractivity contribution in [2.75, 3.05) is 12.8 Å². The predicted octanol–water partition coefficient (Wildman–Crippen LogP) is 3.97. The number of methoxy groups -OCH3 is 1. The van der Waals surface area contributed by atoms with Gasteiger partial charge in [0.15, 0.2) is 5.78 Å². The van der Waals surface area contributed by atoms with Crippen molar-refractivity contribution in [2.45, 2.75) is 45.6 Å². The number of benzene rings is 2. The Labute approximate surface area is 215 Å². The molecule has 0 bridgehead atoms. The minimum absolute atomic E-state index is 0.0743. The molecular formula is C28H33N3O6. The lowest BCUT2D eigenvalue weighted by Crippen LogP contribution is -2.45. The molecular weight excluding hydrogens is 474 g/mol. The SMILES string of the molecule is COC(=O)c1ccc(C(=O)C(CC(C)C)NC(=O)C(CCc2cc3ccccc3[nH]2)CC(=O)O)cc1N. The lowest BCUT2D eigenvalue weighted by molar-refractivity contribution is -0.141. The number of amides is 1. The normalized spacial score (nSPS) is 12.8. The summed E-state index contributed by atoms with van der Waals surface area (Å²) in [4.78, 5) is 53.2. The number of nitrogens with one attached hydrogen (secondary N) is 2. The van der Waals surface area contributed by atoms with Crippen LogP contribution in [0.5, 0.6) is 0 Å². The first-order valence-electron chi connectivity index (χ1n) is 12.2. The number of ether oxygens (including phenoxy) is 1. The van der Waals surface area contributed by atoms with Crippen molar-refractivity contribution in [3.8, 4) is 0 Å². The van der Waals surface area contributed by atoms with Gasteiger partial charge < -0.3 is 25.9 Å². The minimum Gasteiger partial charge on any atom is -0.481 e. The van der Waals surface area contributed by atoms with Crippen LogP contribution in [0.4, 0.5) is 5.69 Å². The monoisotopic (exact) mass is 507 g/mol. The number of carbonyl (C=O) groups excluding carboxylic acids is 3. The van der Waals surface area contributed by atoms with Crippen molar-refractivity contribution >= 4 is 40.2 Å². The van der Waals surface area contributed by atoms with Crippen LogP contribution in [0.1, 0.15) is 59.5 Å². The third-order valence-corrected chi connectivity index (χ3v) is 6.22. The standard InChI is InChI=1S/C28H33N3O6/c1-16(2)12-24(26(34)18-9-11-21(22(29)14-18)28(36)37-3)31-27(35)19(15-25(32)33)8-10-20-13-17-6-4-5-7-23(17)30-20/h4-7,9,11,13-14,16,19,24,30H,8,10,12,15,29H2,1-3H3,(H,31,35)(H,32,33). The van der Waals surface area contributed by atoms with Crippen molar-refractivity contribution in [2.24, 2.45) is 11.8 Å². The van der Waals surface area contributed by atoms with Crippen LogP contribution in [0.25, 0.3) is 10.9 Å². The molecule has 0 aliphatic heterocycles. The maximum absolute atomic E-state index is 13.3. The van der Waals surface area contributed by atoms with Crippen LogP contribution in [0, 0.1) is 11.8 Å². The average molecular weight is 508 g/mol. The summed E-state index contributed by atoms with van der Waals surface area (Å²) in [5, 5.41) is 13.3. The van der Waals surface area contributed by atoms with E-state index in [-0.39, 0.29) is 34.9 Å². The zero-order valence-electron chi connectivity index (χ0n) is 21.2. The molecule has 9 nitrogen and oxygen atoms in total. The topological polar surface area (TPSA) is 152 Å². The lowest BCUT2D eigenvalue weighted by atomic mass is 9.92.